The van der Waals surface area contributed by atoms with Crippen LogP contribution >= 0.6 is 0 Å². The summed E-state index contributed by atoms with van der Waals surface area (Å²) in [6.07, 6.45) is 0. The van der Waals surface area contributed by atoms with Crippen molar-refractivity contribution in [1.29, 1.82) is 0 Å². The lowest BCUT2D eigenvalue weighted by molar-refractivity contribution is 0.0154. The topological polar surface area (TPSA) is 75.2 Å². The van der Waals surface area contributed by atoms with Crippen LogP contribution in [0.4, 0.5) is 0 Å². The Balaban J connectivity index is 2.98. The van der Waals surface area contributed by atoms with Gasteiger partial charge in [0.1, 0.15) is 5.60 Å². The van der Waals surface area contributed by atoms with Crippen LogP contribution in [0.15, 0.2) is 6.07 Å². The number of aromatic carboxylic acids is 1. The number of nitrogens with one attached hydrogen (secondary N) is 1. The zero-order valence-electron chi connectivity index (χ0n) is 7.79. The standard InChI is InChI=1S/C8H12N2O3/c1-8(2,13-3)6-4-5(7(11)12)9-10-6/h4H,1-3H3,(H,9,10)(H,11,12). The molecule has 0 unspecified atom stereocenters. The molecule has 0 fully saturated rings. The van der Waals surface area contributed by atoms with E-state index in [1.165, 1.54) is 6.07 Å². The highest BCUT2D eigenvalue weighted by Crippen LogP contribution is 2.21. The first-order valence-corrected chi connectivity index (χ1v) is 3.81. The maximum atomic E-state index is 10.5. The SMILES string of the molecule is COC(C)(C)c1cc(C(=O)O)n[nH]1. The molecule has 0 radical (unpaired) electrons. The second-order valence-electron chi connectivity index (χ2n) is 3.19. The highest BCUT2D eigenvalue weighted by Gasteiger charge is 2.23. The van der Waals surface area contributed by atoms with Gasteiger partial charge in [-0.3, -0.25) is 5.10 Å². The number of hydrogen-bond acceptors (Lipinski definition) is 3. The number of carbonyl (C=O) groups is 1. The van der Waals surface area contributed by atoms with E-state index in [1.807, 2.05) is 13.8 Å². The van der Waals surface area contributed by atoms with Gasteiger partial charge in [-0.05, 0) is 19.9 Å². The number of rotatable bonds is 3. The minimum absolute atomic E-state index is 0.000116. The number of aromatic nitrogens is 2. The van der Waals surface area contributed by atoms with E-state index < -0.39 is 11.6 Å². The third-order valence-corrected chi connectivity index (χ3v) is 1.96. The Labute approximate surface area is 75.7 Å². The fourth-order valence-corrected chi connectivity index (χ4v) is 0.850. The fraction of sp³-hybridized carbons (Fsp3) is 0.500. The highest BCUT2D eigenvalue weighted by molar-refractivity contribution is 5.85. The van der Waals surface area contributed by atoms with Crippen LogP contribution in [0.2, 0.25) is 0 Å². The number of nitrogens with zero attached hydrogens (tertiary/aromatic N) is 1. The van der Waals surface area contributed by atoms with Crippen molar-refractivity contribution < 1.29 is 14.6 Å². The Kier molecular flexibility index (Phi) is 2.38. The van der Waals surface area contributed by atoms with Crippen LogP contribution in [-0.2, 0) is 10.3 Å². The van der Waals surface area contributed by atoms with Crippen LogP contribution in [0.5, 0.6) is 0 Å². The Morgan fingerprint density at radius 2 is 2.31 bits per heavy atom. The molecule has 1 aromatic heterocycles. The third kappa shape index (κ3) is 1.86. The maximum absolute atomic E-state index is 10.5. The lowest BCUT2D eigenvalue weighted by Gasteiger charge is -2.20. The van der Waals surface area contributed by atoms with E-state index in [4.69, 9.17) is 9.84 Å². The molecule has 0 aliphatic carbocycles. The van der Waals surface area contributed by atoms with Crippen molar-refractivity contribution in [2.24, 2.45) is 0 Å². The smallest absolute Gasteiger partial charge is 0.356 e. The molecule has 5 nitrogen and oxygen atoms in total. The number of carboxylic acid groups (broad SMARTS) is 1. The summed E-state index contributed by atoms with van der Waals surface area (Å²) in [6, 6.07) is 1.46. The van der Waals surface area contributed by atoms with E-state index in [0.29, 0.717) is 5.69 Å². The minimum Gasteiger partial charge on any atom is -0.476 e. The summed E-state index contributed by atoms with van der Waals surface area (Å²) < 4.78 is 5.15. The van der Waals surface area contributed by atoms with Gasteiger partial charge in [-0.2, -0.15) is 5.10 Å². The van der Waals surface area contributed by atoms with E-state index >= 15 is 0 Å². The molecule has 5 heteroatoms. The minimum atomic E-state index is -1.05. The number of methoxy groups -OCH3 is 1. The zero-order chi connectivity index (χ0) is 10.1. The monoisotopic (exact) mass is 184 g/mol. The molecule has 0 saturated heterocycles. The van der Waals surface area contributed by atoms with Crippen molar-refractivity contribution in [2.45, 2.75) is 19.4 Å². The van der Waals surface area contributed by atoms with E-state index in [9.17, 15) is 4.79 Å². The Bertz CT molecular complexity index is 317. The van der Waals surface area contributed by atoms with Crippen molar-refractivity contribution in [2.75, 3.05) is 7.11 Å². The van der Waals surface area contributed by atoms with Crippen LogP contribution in [0.25, 0.3) is 0 Å². The van der Waals surface area contributed by atoms with Crippen LogP contribution in [0.3, 0.4) is 0 Å². The van der Waals surface area contributed by atoms with Gasteiger partial charge in [0.05, 0.1) is 5.69 Å². The predicted molar refractivity (Wildman–Crippen MR) is 45.6 cm³/mol. The van der Waals surface area contributed by atoms with E-state index in [2.05, 4.69) is 10.2 Å². The molecule has 0 amide bonds. The number of hydrogen-bond donors (Lipinski definition) is 2. The summed E-state index contributed by atoms with van der Waals surface area (Å²) in [5.41, 5.74) is 0.105. The first-order chi connectivity index (χ1) is 5.97. The normalized spacial score (nSPS) is 11.6. The molecular formula is C8H12N2O3. The van der Waals surface area contributed by atoms with Gasteiger partial charge in [0.2, 0.25) is 0 Å². The van der Waals surface area contributed by atoms with Crippen molar-refractivity contribution in [1.82, 2.24) is 10.2 Å². The lowest BCUT2D eigenvalue weighted by atomic mass is 10.1. The Morgan fingerprint density at radius 1 is 1.69 bits per heavy atom. The highest BCUT2D eigenvalue weighted by atomic mass is 16.5. The number of H-pyrrole nitrogens is 1. The van der Waals surface area contributed by atoms with Crippen molar-refractivity contribution in [3.05, 3.63) is 17.5 Å². The summed E-state index contributed by atoms with van der Waals surface area (Å²) in [5.74, 6) is -1.05. The molecule has 0 saturated carbocycles. The van der Waals surface area contributed by atoms with Gasteiger partial charge in [0.15, 0.2) is 5.69 Å². The summed E-state index contributed by atoms with van der Waals surface area (Å²) in [7, 11) is 1.56. The Hall–Kier alpha value is -1.36. The van der Waals surface area contributed by atoms with Crippen LogP contribution < -0.4 is 0 Å². The van der Waals surface area contributed by atoms with Gasteiger partial charge in [0, 0.05) is 7.11 Å². The predicted octanol–water partition coefficient (Wildman–Crippen LogP) is 0.989. The summed E-state index contributed by atoms with van der Waals surface area (Å²) >= 11 is 0. The number of carboxylic acids is 1. The van der Waals surface area contributed by atoms with E-state index in [1.54, 1.807) is 7.11 Å². The van der Waals surface area contributed by atoms with Gasteiger partial charge in [-0.15, -0.1) is 0 Å². The molecule has 1 rings (SSSR count). The first kappa shape index (κ1) is 9.73. The van der Waals surface area contributed by atoms with Crippen LogP contribution in [-0.4, -0.2) is 28.4 Å². The van der Waals surface area contributed by atoms with E-state index in [0.717, 1.165) is 0 Å². The molecule has 0 atom stereocenters. The summed E-state index contributed by atoms with van der Waals surface area (Å²) in [4.78, 5) is 10.5. The molecule has 13 heavy (non-hydrogen) atoms. The molecule has 72 valence electrons. The summed E-state index contributed by atoms with van der Waals surface area (Å²) in [6.45, 7) is 3.65. The van der Waals surface area contributed by atoms with Gasteiger partial charge in [0.25, 0.3) is 0 Å². The van der Waals surface area contributed by atoms with Gasteiger partial charge < -0.3 is 9.84 Å². The summed E-state index contributed by atoms with van der Waals surface area (Å²) in [5, 5.41) is 14.9. The molecule has 0 aromatic carbocycles. The fourth-order valence-electron chi connectivity index (χ4n) is 0.850. The van der Waals surface area contributed by atoms with Crippen molar-refractivity contribution >= 4 is 5.97 Å². The quantitative estimate of drug-likeness (QED) is 0.734. The average molecular weight is 184 g/mol. The third-order valence-electron chi connectivity index (χ3n) is 1.96. The molecule has 0 spiro atoms. The largest absolute Gasteiger partial charge is 0.476 e. The van der Waals surface area contributed by atoms with Crippen LogP contribution in [0.1, 0.15) is 30.0 Å². The molecule has 0 bridgehead atoms. The molecule has 1 aromatic rings. The van der Waals surface area contributed by atoms with E-state index in [-0.39, 0.29) is 5.69 Å². The van der Waals surface area contributed by atoms with Crippen molar-refractivity contribution in [3.63, 3.8) is 0 Å². The Morgan fingerprint density at radius 3 is 2.69 bits per heavy atom. The van der Waals surface area contributed by atoms with Gasteiger partial charge in [-0.1, -0.05) is 0 Å². The maximum Gasteiger partial charge on any atom is 0.356 e. The molecular weight excluding hydrogens is 172 g/mol. The molecule has 2 N–H and O–H groups in total. The van der Waals surface area contributed by atoms with Crippen LogP contribution in [0, 0.1) is 0 Å². The zero-order valence-corrected chi connectivity index (χ0v) is 7.79. The second-order valence-corrected chi connectivity index (χ2v) is 3.19. The van der Waals surface area contributed by atoms with Gasteiger partial charge in [-0.25, -0.2) is 4.79 Å². The molecule has 0 aliphatic rings. The van der Waals surface area contributed by atoms with Gasteiger partial charge >= 0.3 is 5.97 Å². The number of ether oxygens (including phenoxy) is 1. The lowest BCUT2D eigenvalue weighted by Crippen LogP contribution is -2.19. The average Bonchev–Trinajstić information content (AvgIpc) is 2.52. The second kappa shape index (κ2) is 3.18. The molecule has 0 aliphatic heterocycles. The first-order valence-electron chi connectivity index (χ1n) is 3.81. The molecule has 1 heterocycles. The number of aromatic amines is 1. The van der Waals surface area contributed by atoms with Crippen molar-refractivity contribution in [3.8, 4) is 0 Å².